The molecule has 8 nitrogen and oxygen atoms in total. The second kappa shape index (κ2) is 6.76. The first-order chi connectivity index (χ1) is 12.0. The molecular weight excluding hydrogens is 322 g/mol. The van der Waals surface area contributed by atoms with Crippen molar-refractivity contribution in [3.63, 3.8) is 0 Å². The topological polar surface area (TPSA) is 101 Å². The highest BCUT2D eigenvalue weighted by atomic mass is 16.5. The molecule has 0 unspecified atom stereocenters. The number of H-pyrrole nitrogens is 1. The third-order valence-corrected chi connectivity index (χ3v) is 4.05. The van der Waals surface area contributed by atoms with E-state index in [1.54, 1.807) is 6.92 Å². The maximum Gasteiger partial charge on any atom is 0.310 e. The summed E-state index contributed by atoms with van der Waals surface area (Å²) < 4.78 is 5.85. The number of nitrogens with one attached hydrogen (secondary N) is 2. The van der Waals surface area contributed by atoms with Crippen molar-refractivity contribution in [2.45, 2.75) is 26.8 Å². The number of aryl methyl sites for hydroxylation is 2. The van der Waals surface area contributed by atoms with Crippen molar-refractivity contribution in [3.05, 3.63) is 57.0 Å². The number of nitrogens with zero attached hydrogens (tertiary/aromatic N) is 3. The van der Waals surface area contributed by atoms with Gasteiger partial charge in [-0.2, -0.15) is 9.50 Å². The summed E-state index contributed by atoms with van der Waals surface area (Å²) in [5.41, 5.74) is 2.69. The largest absolute Gasteiger partial charge is 0.469 e. The van der Waals surface area contributed by atoms with Gasteiger partial charge in [0.15, 0.2) is 0 Å². The van der Waals surface area contributed by atoms with E-state index in [9.17, 15) is 9.59 Å². The number of rotatable bonds is 5. The fourth-order valence-corrected chi connectivity index (χ4v) is 2.54. The van der Waals surface area contributed by atoms with Gasteiger partial charge in [0.25, 0.3) is 11.3 Å². The Morgan fingerprint density at radius 1 is 1.28 bits per heavy atom. The summed E-state index contributed by atoms with van der Waals surface area (Å²) in [4.78, 5) is 32.6. The van der Waals surface area contributed by atoms with Crippen LogP contribution in [0.4, 0.5) is 5.95 Å². The molecule has 0 saturated heterocycles. The minimum atomic E-state index is -0.487. The van der Waals surface area contributed by atoms with E-state index < -0.39 is 5.97 Å². The van der Waals surface area contributed by atoms with Gasteiger partial charge in [-0.05, 0) is 25.0 Å². The van der Waals surface area contributed by atoms with Crippen LogP contribution in [0, 0.1) is 13.8 Å². The van der Waals surface area contributed by atoms with E-state index in [-0.39, 0.29) is 17.8 Å². The van der Waals surface area contributed by atoms with Crippen molar-refractivity contribution >= 4 is 17.7 Å². The molecule has 0 aliphatic carbocycles. The van der Waals surface area contributed by atoms with Gasteiger partial charge >= 0.3 is 5.97 Å². The Balaban J connectivity index is 1.89. The number of aromatic nitrogens is 4. The molecule has 2 heterocycles. The van der Waals surface area contributed by atoms with Crippen LogP contribution in [0.5, 0.6) is 0 Å². The van der Waals surface area contributed by atoms with E-state index in [1.165, 1.54) is 11.6 Å². The highest BCUT2D eigenvalue weighted by molar-refractivity contribution is 5.72. The molecule has 8 heteroatoms. The van der Waals surface area contributed by atoms with Gasteiger partial charge in [-0.3, -0.25) is 14.7 Å². The van der Waals surface area contributed by atoms with Gasteiger partial charge in [-0.15, -0.1) is 0 Å². The van der Waals surface area contributed by atoms with Crippen molar-refractivity contribution in [1.29, 1.82) is 0 Å². The zero-order valence-corrected chi connectivity index (χ0v) is 14.3. The third-order valence-electron chi connectivity index (χ3n) is 4.05. The van der Waals surface area contributed by atoms with Crippen LogP contribution in [0.25, 0.3) is 5.78 Å². The van der Waals surface area contributed by atoms with Gasteiger partial charge in [-0.25, -0.2) is 4.98 Å². The second-order valence-electron chi connectivity index (χ2n) is 5.72. The smallest absolute Gasteiger partial charge is 0.310 e. The first-order valence-electron chi connectivity index (χ1n) is 7.83. The van der Waals surface area contributed by atoms with E-state index in [0.29, 0.717) is 23.8 Å². The van der Waals surface area contributed by atoms with E-state index in [2.05, 4.69) is 25.1 Å². The Kier molecular flexibility index (Phi) is 4.51. The minimum absolute atomic E-state index is 0.123. The van der Waals surface area contributed by atoms with Crippen LogP contribution in [0.15, 0.2) is 29.1 Å². The van der Waals surface area contributed by atoms with Gasteiger partial charge < -0.3 is 10.1 Å². The minimum Gasteiger partial charge on any atom is -0.469 e. The molecule has 0 bridgehead atoms. The summed E-state index contributed by atoms with van der Waals surface area (Å²) in [7, 11) is 1.28. The lowest BCUT2D eigenvalue weighted by molar-refractivity contribution is -0.139. The van der Waals surface area contributed by atoms with Gasteiger partial charge in [0.05, 0.1) is 24.8 Å². The fourth-order valence-electron chi connectivity index (χ4n) is 2.54. The van der Waals surface area contributed by atoms with Crippen LogP contribution in [-0.2, 0) is 22.5 Å². The number of hydrogen-bond acceptors (Lipinski definition) is 6. The number of carbonyl (C=O) groups is 1. The number of hydrogen-bond donors (Lipinski definition) is 2. The molecule has 25 heavy (non-hydrogen) atoms. The molecule has 0 aliphatic heterocycles. The van der Waals surface area contributed by atoms with Crippen molar-refractivity contribution in [3.8, 4) is 0 Å². The lowest BCUT2D eigenvalue weighted by atomic mass is 10.1. The normalized spacial score (nSPS) is 10.8. The molecule has 0 saturated carbocycles. The molecular formula is C17H19N5O3. The Labute approximate surface area is 143 Å². The summed E-state index contributed by atoms with van der Waals surface area (Å²) in [6, 6.07) is 8.00. The van der Waals surface area contributed by atoms with E-state index >= 15 is 0 Å². The molecule has 0 amide bonds. The summed E-state index contributed by atoms with van der Waals surface area (Å²) in [6.45, 7) is 4.27. The van der Waals surface area contributed by atoms with Gasteiger partial charge in [0.1, 0.15) is 0 Å². The second-order valence-corrected chi connectivity index (χ2v) is 5.72. The zero-order chi connectivity index (χ0) is 18.0. The summed E-state index contributed by atoms with van der Waals surface area (Å²) in [5.74, 6) is 0.199. The SMILES string of the molecule is COC(=O)Cc1c(C)nc2nc(NCc3ccccc3C)[nH]n2c1=O. The van der Waals surface area contributed by atoms with Crippen LogP contribution < -0.4 is 10.9 Å². The molecule has 130 valence electrons. The Hall–Kier alpha value is -3.16. The van der Waals surface area contributed by atoms with Crippen LogP contribution in [0.3, 0.4) is 0 Å². The van der Waals surface area contributed by atoms with Crippen LogP contribution in [0.1, 0.15) is 22.4 Å². The predicted molar refractivity (Wildman–Crippen MR) is 92.6 cm³/mol. The molecule has 0 aliphatic rings. The summed E-state index contributed by atoms with van der Waals surface area (Å²) in [6.07, 6.45) is -0.123. The van der Waals surface area contributed by atoms with Gasteiger partial charge in [0, 0.05) is 6.54 Å². The first kappa shape index (κ1) is 16.7. The molecule has 3 aromatic rings. The number of methoxy groups -OCH3 is 1. The molecule has 0 radical (unpaired) electrons. The maximum absolute atomic E-state index is 12.6. The zero-order valence-electron chi connectivity index (χ0n) is 14.3. The average molecular weight is 341 g/mol. The number of benzene rings is 1. The number of fused-ring (bicyclic) bond motifs is 1. The van der Waals surface area contributed by atoms with Crippen LogP contribution in [0.2, 0.25) is 0 Å². The van der Waals surface area contributed by atoms with Gasteiger partial charge in [-0.1, -0.05) is 24.3 Å². The molecule has 0 spiro atoms. The highest BCUT2D eigenvalue weighted by Crippen LogP contribution is 2.10. The van der Waals surface area contributed by atoms with E-state index in [0.717, 1.165) is 11.1 Å². The Morgan fingerprint density at radius 3 is 2.76 bits per heavy atom. The lowest BCUT2D eigenvalue weighted by Gasteiger charge is -2.05. The van der Waals surface area contributed by atoms with Crippen molar-refractivity contribution in [2.75, 3.05) is 12.4 Å². The summed E-state index contributed by atoms with van der Waals surface area (Å²) >= 11 is 0. The molecule has 2 aromatic heterocycles. The monoisotopic (exact) mass is 341 g/mol. The number of esters is 1. The van der Waals surface area contributed by atoms with Crippen LogP contribution in [-0.4, -0.2) is 32.7 Å². The standard InChI is InChI=1S/C17H19N5O3/c1-10-6-4-5-7-12(10)9-18-16-20-17-19-11(2)13(8-14(23)25-3)15(24)22(17)21-16/h4-7H,8-9H2,1-3H3,(H2,18,19,20,21). The van der Waals surface area contributed by atoms with Crippen molar-refractivity contribution in [2.24, 2.45) is 0 Å². The Morgan fingerprint density at radius 2 is 2.04 bits per heavy atom. The fraction of sp³-hybridized carbons (Fsp3) is 0.294. The quantitative estimate of drug-likeness (QED) is 0.680. The summed E-state index contributed by atoms with van der Waals surface area (Å²) in [5, 5.41) is 6.03. The number of ether oxygens (including phenoxy) is 1. The number of carbonyl (C=O) groups excluding carboxylic acids is 1. The first-order valence-corrected chi connectivity index (χ1v) is 7.83. The number of aromatic amines is 1. The van der Waals surface area contributed by atoms with Crippen LogP contribution >= 0.6 is 0 Å². The third kappa shape index (κ3) is 3.37. The van der Waals surface area contributed by atoms with Crippen molar-refractivity contribution in [1.82, 2.24) is 19.6 Å². The maximum atomic E-state index is 12.6. The molecule has 0 fully saturated rings. The number of anilines is 1. The lowest BCUT2D eigenvalue weighted by Crippen LogP contribution is -2.24. The Bertz CT molecular complexity index is 990. The van der Waals surface area contributed by atoms with E-state index in [4.69, 9.17) is 0 Å². The molecule has 3 rings (SSSR count). The average Bonchev–Trinajstić information content (AvgIpc) is 3.00. The predicted octanol–water partition coefficient (Wildman–Crippen LogP) is 1.36. The molecule has 1 aromatic carbocycles. The highest BCUT2D eigenvalue weighted by Gasteiger charge is 2.16. The van der Waals surface area contributed by atoms with Gasteiger partial charge in [0.2, 0.25) is 5.95 Å². The molecule has 2 N–H and O–H groups in total. The molecule has 0 atom stereocenters. The van der Waals surface area contributed by atoms with Crippen molar-refractivity contribution < 1.29 is 9.53 Å². The van der Waals surface area contributed by atoms with E-state index in [1.807, 2.05) is 31.2 Å².